The Morgan fingerprint density at radius 2 is 2.05 bits per heavy atom. The predicted molar refractivity (Wildman–Crippen MR) is 69.7 cm³/mol. The van der Waals surface area contributed by atoms with Gasteiger partial charge in [-0.05, 0) is 18.2 Å². The van der Waals surface area contributed by atoms with Gasteiger partial charge in [-0.1, -0.05) is 12.1 Å². The summed E-state index contributed by atoms with van der Waals surface area (Å²) >= 11 is 0. The van der Waals surface area contributed by atoms with Crippen molar-refractivity contribution in [1.82, 2.24) is 4.98 Å². The second-order valence-corrected chi connectivity index (χ2v) is 3.64. The molecule has 1 heterocycles. The van der Waals surface area contributed by atoms with Crippen molar-refractivity contribution in [3.05, 3.63) is 52.1 Å². The first-order chi connectivity index (χ1) is 9.11. The fraction of sp³-hybridized carbons (Fsp3) is 0. The first kappa shape index (κ1) is 12.3. The molecule has 1 aromatic heterocycles. The highest BCUT2D eigenvalue weighted by Gasteiger charge is 2.16. The molecule has 7 nitrogen and oxygen atoms in total. The van der Waals surface area contributed by atoms with Gasteiger partial charge in [0.25, 0.3) is 0 Å². The highest BCUT2D eigenvalue weighted by molar-refractivity contribution is 5.71. The number of nitriles is 1. The second-order valence-electron chi connectivity index (χ2n) is 3.64. The molecule has 94 valence electrons. The lowest BCUT2D eigenvalue weighted by Crippen LogP contribution is -2.03. The summed E-state index contributed by atoms with van der Waals surface area (Å²) in [5.74, 6) is 0.162. The lowest BCUT2D eigenvalue weighted by atomic mass is 10.2. The van der Waals surface area contributed by atoms with Crippen LogP contribution in [-0.4, -0.2) is 9.91 Å². The molecular weight excluding hydrogens is 246 g/mol. The number of nitro groups is 1. The third-order valence-corrected chi connectivity index (χ3v) is 2.39. The van der Waals surface area contributed by atoms with Gasteiger partial charge in [0.2, 0.25) is 5.82 Å². The molecule has 19 heavy (non-hydrogen) atoms. The molecule has 2 aromatic rings. The molecule has 2 rings (SSSR count). The number of nitrogens with two attached hydrogens (primary N) is 1. The Bertz CT molecular complexity index is 678. The molecular formula is C12H9N5O2. The van der Waals surface area contributed by atoms with Crippen LogP contribution in [0.2, 0.25) is 0 Å². The maximum Gasteiger partial charge on any atom is 0.311 e. The number of nitrogens with zero attached hydrogens (tertiary/aromatic N) is 3. The summed E-state index contributed by atoms with van der Waals surface area (Å²) < 4.78 is 0. The number of para-hydroxylation sites is 1. The zero-order valence-electron chi connectivity index (χ0n) is 9.70. The molecule has 3 N–H and O–H groups in total. The maximum absolute atomic E-state index is 10.9. The Morgan fingerprint density at radius 3 is 2.74 bits per heavy atom. The van der Waals surface area contributed by atoms with Crippen LogP contribution in [0.25, 0.3) is 0 Å². The minimum atomic E-state index is -0.566. The lowest BCUT2D eigenvalue weighted by Gasteiger charge is -2.08. The van der Waals surface area contributed by atoms with Crippen LogP contribution in [0.3, 0.4) is 0 Å². The fourth-order valence-electron chi connectivity index (χ4n) is 1.52. The first-order valence-corrected chi connectivity index (χ1v) is 5.29. The average Bonchev–Trinajstić information content (AvgIpc) is 2.39. The smallest absolute Gasteiger partial charge is 0.311 e. The fourth-order valence-corrected chi connectivity index (χ4v) is 1.52. The van der Waals surface area contributed by atoms with E-state index in [1.54, 1.807) is 24.3 Å². The topological polar surface area (TPSA) is 118 Å². The van der Waals surface area contributed by atoms with E-state index in [9.17, 15) is 10.1 Å². The van der Waals surface area contributed by atoms with Crippen LogP contribution in [0.4, 0.5) is 23.0 Å². The van der Waals surface area contributed by atoms with Gasteiger partial charge in [-0.3, -0.25) is 10.1 Å². The van der Waals surface area contributed by atoms with E-state index < -0.39 is 4.92 Å². The number of anilines is 3. The Morgan fingerprint density at radius 1 is 1.32 bits per heavy atom. The third kappa shape index (κ3) is 2.58. The van der Waals surface area contributed by atoms with Crippen LogP contribution >= 0.6 is 0 Å². The SMILES string of the molecule is N#Cc1ccccc1Nc1nc(N)ccc1[N+](=O)[O-]. The molecule has 0 aliphatic heterocycles. The van der Waals surface area contributed by atoms with Gasteiger partial charge in [0.1, 0.15) is 11.9 Å². The summed E-state index contributed by atoms with van der Waals surface area (Å²) in [6.07, 6.45) is 0. The van der Waals surface area contributed by atoms with Crippen molar-refractivity contribution in [2.75, 3.05) is 11.1 Å². The minimum Gasteiger partial charge on any atom is -0.384 e. The van der Waals surface area contributed by atoms with Crippen molar-refractivity contribution < 1.29 is 4.92 Å². The van der Waals surface area contributed by atoms with Crippen molar-refractivity contribution >= 4 is 23.0 Å². The molecule has 1 aromatic carbocycles. The van der Waals surface area contributed by atoms with E-state index in [0.29, 0.717) is 11.3 Å². The van der Waals surface area contributed by atoms with Gasteiger partial charge in [-0.2, -0.15) is 5.26 Å². The first-order valence-electron chi connectivity index (χ1n) is 5.29. The summed E-state index contributed by atoms with van der Waals surface area (Å²) in [6.45, 7) is 0. The largest absolute Gasteiger partial charge is 0.384 e. The molecule has 0 bridgehead atoms. The molecule has 0 fully saturated rings. The molecule has 0 radical (unpaired) electrons. The van der Waals surface area contributed by atoms with Gasteiger partial charge in [0.05, 0.1) is 16.2 Å². The number of aromatic nitrogens is 1. The summed E-state index contributed by atoms with van der Waals surface area (Å²) in [5.41, 5.74) is 6.10. The molecule has 0 saturated heterocycles. The van der Waals surface area contributed by atoms with Crippen molar-refractivity contribution in [3.8, 4) is 6.07 Å². The standard InChI is InChI=1S/C12H9N5O2/c13-7-8-3-1-2-4-9(8)15-12-10(17(18)19)5-6-11(14)16-12/h1-6H,(H3,14,15,16). The number of nitrogen functional groups attached to an aromatic ring is 1. The van der Waals surface area contributed by atoms with Crippen molar-refractivity contribution in [1.29, 1.82) is 5.26 Å². The molecule has 0 unspecified atom stereocenters. The van der Waals surface area contributed by atoms with Crippen LogP contribution in [0.5, 0.6) is 0 Å². The van der Waals surface area contributed by atoms with Crippen molar-refractivity contribution in [2.24, 2.45) is 0 Å². The van der Waals surface area contributed by atoms with E-state index in [4.69, 9.17) is 11.0 Å². The zero-order chi connectivity index (χ0) is 13.8. The molecule has 0 aliphatic carbocycles. The Kier molecular flexibility index (Phi) is 3.25. The van der Waals surface area contributed by atoms with E-state index in [2.05, 4.69) is 10.3 Å². The van der Waals surface area contributed by atoms with E-state index in [-0.39, 0.29) is 17.3 Å². The Labute approximate surface area is 108 Å². The summed E-state index contributed by atoms with van der Waals surface area (Å²) in [5, 5.41) is 22.6. The average molecular weight is 255 g/mol. The number of nitrogens with one attached hydrogen (secondary N) is 1. The number of hydrogen-bond acceptors (Lipinski definition) is 6. The van der Waals surface area contributed by atoms with Gasteiger partial charge in [-0.15, -0.1) is 0 Å². The summed E-state index contributed by atoms with van der Waals surface area (Å²) in [4.78, 5) is 14.2. The van der Waals surface area contributed by atoms with Crippen LogP contribution in [0.1, 0.15) is 5.56 Å². The second kappa shape index (κ2) is 5.01. The van der Waals surface area contributed by atoms with Crippen molar-refractivity contribution in [2.45, 2.75) is 0 Å². The molecule has 0 saturated carbocycles. The van der Waals surface area contributed by atoms with Gasteiger partial charge >= 0.3 is 5.69 Å². The summed E-state index contributed by atoms with van der Waals surface area (Å²) in [7, 11) is 0. The Balaban J connectivity index is 2.46. The number of pyridine rings is 1. The monoisotopic (exact) mass is 255 g/mol. The number of hydrogen-bond donors (Lipinski definition) is 2. The highest BCUT2D eigenvalue weighted by Crippen LogP contribution is 2.27. The molecule has 0 atom stereocenters. The number of rotatable bonds is 3. The van der Waals surface area contributed by atoms with Crippen LogP contribution < -0.4 is 11.1 Å². The maximum atomic E-state index is 10.9. The molecule has 0 spiro atoms. The van der Waals surface area contributed by atoms with Crippen LogP contribution in [-0.2, 0) is 0 Å². The number of benzene rings is 1. The van der Waals surface area contributed by atoms with Crippen LogP contribution in [0.15, 0.2) is 36.4 Å². The Hall–Kier alpha value is -3.14. The quantitative estimate of drug-likeness (QED) is 0.641. The molecule has 0 amide bonds. The minimum absolute atomic E-state index is 0.00713. The normalized spacial score (nSPS) is 9.63. The summed E-state index contributed by atoms with van der Waals surface area (Å²) in [6, 6.07) is 11.2. The van der Waals surface area contributed by atoms with Gasteiger partial charge < -0.3 is 11.1 Å². The van der Waals surface area contributed by atoms with E-state index >= 15 is 0 Å². The van der Waals surface area contributed by atoms with Gasteiger partial charge in [0.15, 0.2) is 0 Å². The highest BCUT2D eigenvalue weighted by atomic mass is 16.6. The van der Waals surface area contributed by atoms with Gasteiger partial charge in [0, 0.05) is 6.07 Å². The van der Waals surface area contributed by atoms with Crippen LogP contribution in [0, 0.1) is 21.4 Å². The van der Waals surface area contributed by atoms with E-state index in [1.807, 2.05) is 6.07 Å². The zero-order valence-corrected chi connectivity index (χ0v) is 9.70. The van der Waals surface area contributed by atoms with Gasteiger partial charge in [-0.25, -0.2) is 4.98 Å². The third-order valence-electron chi connectivity index (χ3n) is 2.39. The predicted octanol–water partition coefficient (Wildman–Crippen LogP) is 2.19. The molecule has 0 aliphatic rings. The van der Waals surface area contributed by atoms with E-state index in [1.165, 1.54) is 12.1 Å². The van der Waals surface area contributed by atoms with E-state index in [0.717, 1.165) is 0 Å². The lowest BCUT2D eigenvalue weighted by molar-refractivity contribution is -0.384. The van der Waals surface area contributed by atoms with Crippen molar-refractivity contribution in [3.63, 3.8) is 0 Å². The molecule has 7 heteroatoms.